The van der Waals surface area contributed by atoms with Crippen LogP contribution in [0.1, 0.15) is 69.3 Å². The van der Waals surface area contributed by atoms with Crippen molar-refractivity contribution < 1.29 is 9.53 Å². The molecule has 2 heterocycles. The molecule has 2 atom stereocenters. The predicted octanol–water partition coefficient (Wildman–Crippen LogP) is 4.15. The van der Waals surface area contributed by atoms with Crippen LogP contribution in [0.2, 0.25) is 0 Å². The van der Waals surface area contributed by atoms with Crippen molar-refractivity contribution in [3.63, 3.8) is 0 Å². The van der Waals surface area contributed by atoms with Gasteiger partial charge >= 0.3 is 5.97 Å². The molecular formula is C19H26N2O3S. The fourth-order valence-electron chi connectivity index (χ4n) is 3.28. The summed E-state index contributed by atoms with van der Waals surface area (Å²) in [6.07, 6.45) is 3.72. The van der Waals surface area contributed by atoms with Gasteiger partial charge < -0.3 is 9.72 Å². The Balaban J connectivity index is 1.83. The van der Waals surface area contributed by atoms with E-state index < -0.39 is 6.10 Å². The maximum Gasteiger partial charge on any atom is 0.306 e. The second-order valence-corrected chi connectivity index (χ2v) is 8.63. The summed E-state index contributed by atoms with van der Waals surface area (Å²) in [4.78, 5) is 34.0. The number of fused-ring (bicyclic) bond motifs is 3. The smallest absolute Gasteiger partial charge is 0.306 e. The van der Waals surface area contributed by atoms with Crippen LogP contribution in [-0.4, -0.2) is 15.9 Å². The van der Waals surface area contributed by atoms with Gasteiger partial charge in [0.2, 0.25) is 0 Å². The van der Waals surface area contributed by atoms with Crippen molar-refractivity contribution >= 4 is 27.5 Å². The van der Waals surface area contributed by atoms with Crippen LogP contribution in [0.15, 0.2) is 4.79 Å². The molecule has 0 unspecified atom stereocenters. The third-order valence-electron chi connectivity index (χ3n) is 4.80. The number of aromatic amines is 1. The largest absolute Gasteiger partial charge is 0.454 e. The van der Waals surface area contributed by atoms with Gasteiger partial charge in [-0.15, -0.1) is 11.3 Å². The first-order chi connectivity index (χ1) is 11.8. The number of nitrogens with one attached hydrogen (secondary N) is 1. The second kappa shape index (κ2) is 7.28. The predicted molar refractivity (Wildman–Crippen MR) is 100 cm³/mol. The van der Waals surface area contributed by atoms with Crippen molar-refractivity contribution in [1.29, 1.82) is 0 Å². The quantitative estimate of drug-likeness (QED) is 0.811. The molecule has 0 fully saturated rings. The molecule has 2 aromatic heterocycles. The molecule has 6 heteroatoms. The van der Waals surface area contributed by atoms with Gasteiger partial charge in [0, 0.05) is 11.3 Å². The molecule has 0 aromatic carbocycles. The Hall–Kier alpha value is -1.69. The third kappa shape index (κ3) is 3.94. The third-order valence-corrected chi connectivity index (χ3v) is 5.95. The Morgan fingerprint density at radius 1 is 1.40 bits per heavy atom. The summed E-state index contributed by atoms with van der Waals surface area (Å²) in [6.45, 7) is 8.15. The minimum atomic E-state index is -0.546. The van der Waals surface area contributed by atoms with Gasteiger partial charge in [-0.25, -0.2) is 4.98 Å². The number of hydrogen-bond donors (Lipinski definition) is 1. The van der Waals surface area contributed by atoms with Crippen LogP contribution in [0.25, 0.3) is 10.2 Å². The minimum absolute atomic E-state index is 0.114. The van der Waals surface area contributed by atoms with E-state index in [1.165, 1.54) is 10.4 Å². The molecule has 0 saturated heterocycles. The highest BCUT2D eigenvalue weighted by Gasteiger charge is 2.24. The monoisotopic (exact) mass is 362 g/mol. The van der Waals surface area contributed by atoms with E-state index in [0.717, 1.165) is 35.9 Å². The average molecular weight is 362 g/mol. The van der Waals surface area contributed by atoms with Crippen molar-refractivity contribution in [1.82, 2.24) is 9.97 Å². The number of carbonyl (C=O) groups is 1. The zero-order valence-corrected chi connectivity index (χ0v) is 16.2. The molecule has 0 spiro atoms. The fraction of sp³-hybridized carbons (Fsp3) is 0.632. The Morgan fingerprint density at radius 2 is 2.16 bits per heavy atom. The highest BCUT2D eigenvalue weighted by atomic mass is 32.1. The number of rotatable bonds is 5. The van der Waals surface area contributed by atoms with Gasteiger partial charge in [0.1, 0.15) is 4.83 Å². The van der Waals surface area contributed by atoms with E-state index in [0.29, 0.717) is 24.1 Å². The first-order valence-corrected chi connectivity index (χ1v) is 9.90. The Labute approximate surface area is 151 Å². The summed E-state index contributed by atoms with van der Waals surface area (Å²) >= 11 is 1.61. The number of carbonyl (C=O) groups excluding carboxylic acids is 1. The van der Waals surface area contributed by atoms with Crippen molar-refractivity contribution in [3.8, 4) is 0 Å². The van der Waals surface area contributed by atoms with Gasteiger partial charge in [-0.2, -0.15) is 0 Å². The Kier molecular flexibility index (Phi) is 5.27. The van der Waals surface area contributed by atoms with Gasteiger partial charge in [0.25, 0.3) is 5.56 Å². The van der Waals surface area contributed by atoms with Crippen molar-refractivity contribution in [3.05, 3.63) is 26.6 Å². The van der Waals surface area contributed by atoms with Crippen molar-refractivity contribution in [2.45, 2.75) is 65.9 Å². The van der Waals surface area contributed by atoms with E-state index in [2.05, 4.69) is 30.7 Å². The van der Waals surface area contributed by atoms with Gasteiger partial charge in [-0.3, -0.25) is 9.59 Å². The molecule has 0 amide bonds. The molecule has 1 aliphatic rings. The van der Waals surface area contributed by atoms with E-state index in [4.69, 9.17) is 4.74 Å². The molecule has 1 aliphatic carbocycles. The van der Waals surface area contributed by atoms with Crippen LogP contribution in [0, 0.1) is 11.8 Å². The van der Waals surface area contributed by atoms with E-state index >= 15 is 0 Å². The lowest BCUT2D eigenvalue weighted by atomic mass is 9.89. The molecule has 3 rings (SSSR count). The summed E-state index contributed by atoms with van der Waals surface area (Å²) in [6, 6.07) is 0. The van der Waals surface area contributed by atoms with Crippen LogP contribution in [0.4, 0.5) is 0 Å². The van der Waals surface area contributed by atoms with Crippen LogP contribution >= 0.6 is 11.3 Å². The van der Waals surface area contributed by atoms with Gasteiger partial charge in [0.05, 0.1) is 5.39 Å². The molecule has 25 heavy (non-hydrogen) atoms. The molecule has 136 valence electrons. The van der Waals surface area contributed by atoms with E-state index in [1.807, 2.05) is 0 Å². The van der Waals surface area contributed by atoms with Crippen LogP contribution in [0.5, 0.6) is 0 Å². The normalized spacial score (nSPS) is 18.4. The molecule has 0 bridgehead atoms. The molecular weight excluding hydrogens is 336 g/mol. The lowest BCUT2D eigenvalue weighted by molar-refractivity contribution is -0.149. The first-order valence-electron chi connectivity index (χ1n) is 9.09. The number of aryl methyl sites for hydroxylation is 1. The lowest BCUT2D eigenvalue weighted by Crippen LogP contribution is -2.18. The molecule has 1 N–H and O–H groups in total. The molecule has 5 nitrogen and oxygen atoms in total. The van der Waals surface area contributed by atoms with Crippen molar-refractivity contribution in [2.75, 3.05) is 0 Å². The zero-order chi connectivity index (χ0) is 18.1. The molecule has 0 radical (unpaired) electrons. The number of aromatic nitrogens is 2. The van der Waals surface area contributed by atoms with Gasteiger partial charge in [-0.1, -0.05) is 20.8 Å². The highest BCUT2D eigenvalue weighted by Crippen LogP contribution is 2.35. The van der Waals surface area contributed by atoms with Crippen LogP contribution < -0.4 is 5.56 Å². The summed E-state index contributed by atoms with van der Waals surface area (Å²) < 4.78 is 5.44. The summed E-state index contributed by atoms with van der Waals surface area (Å²) in [5.74, 6) is 1.29. The number of nitrogens with zero attached hydrogens (tertiary/aromatic N) is 1. The number of thiophene rings is 1. The topological polar surface area (TPSA) is 72.0 Å². The Morgan fingerprint density at radius 3 is 2.88 bits per heavy atom. The Bertz CT molecular complexity index is 837. The zero-order valence-electron chi connectivity index (χ0n) is 15.3. The van der Waals surface area contributed by atoms with Crippen LogP contribution in [-0.2, 0) is 22.4 Å². The van der Waals surface area contributed by atoms with Gasteiger partial charge in [-0.05, 0) is 50.0 Å². The molecule has 0 aliphatic heterocycles. The van der Waals surface area contributed by atoms with Gasteiger partial charge in [0.15, 0.2) is 11.9 Å². The average Bonchev–Trinajstić information content (AvgIpc) is 2.90. The minimum Gasteiger partial charge on any atom is -0.454 e. The summed E-state index contributed by atoms with van der Waals surface area (Å²) in [5.41, 5.74) is 1.05. The molecule has 0 saturated carbocycles. The van der Waals surface area contributed by atoms with E-state index in [-0.39, 0.29) is 11.5 Å². The standard InChI is InChI=1S/C19H26N2O3S/c1-10(2)5-8-15(22)24-12(4)17-20-18(23)16-13-7-6-11(3)9-14(13)25-19(16)21-17/h10-12H,5-9H2,1-4H3,(H,20,21,23)/t11-,12-/m1/s1. The first kappa shape index (κ1) is 18.1. The number of hydrogen-bond acceptors (Lipinski definition) is 5. The molecule has 2 aromatic rings. The summed E-state index contributed by atoms with van der Waals surface area (Å²) in [7, 11) is 0. The summed E-state index contributed by atoms with van der Waals surface area (Å²) in [5, 5.41) is 0.731. The highest BCUT2D eigenvalue weighted by molar-refractivity contribution is 7.18. The number of H-pyrrole nitrogens is 1. The SMILES string of the molecule is CC(C)CCC(=O)O[C@H](C)c1nc2sc3c(c2c(=O)[nH]1)CC[C@@H](C)C3. The maximum absolute atomic E-state index is 12.6. The van der Waals surface area contributed by atoms with Crippen LogP contribution in [0.3, 0.4) is 0 Å². The lowest BCUT2D eigenvalue weighted by Gasteiger charge is -2.17. The maximum atomic E-state index is 12.6. The van der Waals surface area contributed by atoms with Crippen molar-refractivity contribution in [2.24, 2.45) is 11.8 Å². The fourth-order valence-corrected chi connectivity index (χ4v) is 4.67. The number of esters is 1. The second-order valence-electron chi connectivity index (χ2n) is 7.55. The van der Waals surface area contributed by atoms with E-state index in [1.54, 1.807) is 18.3 Å². The number of ether oxygens (including phenoxy) is 1. The van der Waals surface area contributed by atoms with E-state index in [9.17, 15) is 9.59 Å².